The number of aromatic nitrogens is 2. The Bertz CT molecular complexity index is 718. The van der Waals surface area contributed by atoms with E-state index in [-0.39, 0.29) is 42.8 Å². The van der Waals surface area contributed by atoms with Gasteiger partial charge in [-0.3, -0.25) is 9.69 Å². The summed E-state index contributed by atoms with van der Waals surface area (Å²) in [7, 11) is 0. The lowest BCUT2D eigenvalue weighted by atomic mass is 10.1. The molecule has 0 aliphatic carbocycles. The van der Waals surface area contributed by atoms with Gasteiger partial charge in [0.25, 0.3) is 0 Å². The molecule has 2 aromatic rings. The molecule has 9 heteroatoms. The maximum atomic E-state index is 12.2. The molecule has 2 unspecified atom stereocenters. The highest BCUT2D eigenvalue weighted by Crippen LogP contribution is 2.23. The molecule has 2 atom stereocenters. The lowest BCUT2D eigenvalue weighted by Crippen LogP contribution is -2.49. The third kappa shape index (κ3) is 6.17. The molecule has 0 spiro atoms. The Kier molecular flexibility index (Phi) is 9.89. The molecule has 1 aromatic heterocycles. The molecule has 1 aliphatic heterocycles. The number of amides is 1. The van der Waals surface area contributed by atoms with Crippen LogP contribution in [0.2, 0.25) is 0 Å². The van der Waals surface area contributed by atoms with Gasteiger partial charge in [-0.25, -0.2) is 0 Å². The minimum atomic E-state index is 0. The topological polar surface area (TPSA) is 88.5 Å². The Morgan fingerprint density at radius 2 is 1.79 bits per heavy atom. The van der Waals surface area contributed by atoms with Crippen molar-refractivity contribution in [2.45, 2.75) is 38.8 Å². The molecule has 2 heterocycles. The van der Waals surface area contributed by atoms with Gasteiger partial charge in [-0.2, -0.15) is 4.98 Å². The zero-order chi connectivity index (χ0) is 18.5. The number of piperazine rings is 1. The summed E-state index contributed by atoms with van der Waals surface area (Å²) in [6, 6.07) is 9.89. The summed E-state index contributed by atoms with van der Waals surface area (Å²) < 4.78 is 5.48. The summed E-state index contributed by atoms with van der Waals surface area (Å²) in [5, 5.41) is 4.10. The van der Waals surface area contributed by atoms with E-state index in [0.717, 1.165) is 38.2 Å². The van der Waals surface area contributed by atoms with Crippen LogP contribution in [0.3, 0.4) is 0 Å². The van der Waals surface area contributed by atoms with E-state index < -0.39 is 0 Å². The van der Waals surface area contributed by atoms with E-state index in [1.54, 1.807) is 0 Å². The van der Waals surface area contributed by atoms with E-state index in [4.69, 9.17) is 10.3 Å². The van der Waals surface area contributed by atoms with Crippen molar-refractivity contribution in [1.29, 1.82) is 0 Å². The monoisotopic (exact) mass is 429 g/mol. The fourth-order valence-electron chi connectivity index (χ4n) is 3.13. The number of nitrogens with zero attached hydrogens (tertiary/aromatic N) is 4. The van der Waals surface area contributed by atoms with E-state index in [0.29, 0.717) is 18.1 Å². The van der Waals surface area contributed by atoms with Crippen LogP contribution in [0.4, 0.5) is 0 Å². The Balaban J connectivity index is 0.00000196. The zero-order valence-corrected chi connectivity index (χ0v) is 17.9. The van der Waals surface area contributed by atoms with Crippen LogP contribution in [0.25, 0.3) is 11.4 Å². The number of rotatable bonds is 6. The standard InChI is InChI=1S/C19H27N5O2.2ClH/c1-14(20)8-9-17(25)24-12-10-23(11-13-24)15(2)19-21-18(22-26-19)16-6-4-3-5-7-16;;/h3-7,14-15H,8-13,20H2,1-2H3;2*1H. The number of halogens is 2. The molecular weight excluding hydrogens is 401 g/mol. The van der Waals surface area contributed by atoms with Crippen molar-refractivity contribution in [3.05, 3.63) is 36.2 Å². The summed E-state index contributed by atoms with van der Waals surface area (Å²) in [6.45, 7) is 7.04. The highest BCUT2D eigenvalue weighted by atomic mass is 35.5. The molecule has 0 saturated carbocycles. The smallest absolute Gasteiger partial charge is 0.244 e. The van der Waals surface area contributed by atoms with Crippen molar-refractivity contribution in [1.82, 2.24) is 19.9 Å². The first-order valence-corrected chi connectivity index (χ1v) is 9.21. The predicted octanol–water partition coefficient (Wildman–Crippen LogP) is 2.91. The van der Waals surface area contributed by atoms with E-state index in [2.05, 4.69) is 22.0 Å². The maximum absolute atomic E-state index is 12.2. The minimum Gasteiger partial charge on any atom is -0.340 e. The highest BCUT2D eigenvalue weighted by Gasteiger charge is 2.27. The van der Waals surface area contributed by atoms with Crippen molar-refractivity contribution in [3.8, 4) is 11.4 Å². The van der Waals surface area contributed by atoms with Gasteiger partial charge in [-0.1, -0.05) is 35.5 Å². The van der Waals surface area contributed by atoms with Gasteiger partial charge < -0.3 is 15.2 Å². The third-order valence-electron chi connectivity index (χ3n) is 4.86. The second-order valence-corrected chi connectivity index (χ2v) is 6.93. The summed E-state index contributed by atoms with van der Waals surface area (Å²) in [5.74, 6) is 1.41. The molecule has 1 saturated heterocycles. The quantitative estimate of drug-likeness (QED) is 0.758. The van der Waals surface area contributed by atoms with Crippen molar-refractivity contribution in [2.24, 2.45) is 5.73 Å². The number of carbonyl (C=O) groups is 1. The Morgan fingerprint density at radius 1 is 1.14 bits per heavy atom. The number of benzene rings is 1. The van der Waals surface area contributed by atoms with Crippen molar-refractivity contribution in [2.75, 3.05) is 26.2 Å². The molecule has 0 bridgehead atoms. The van der Waals surface area contributed by atoms with E-state index in [1.165, 1.54) is 0 Å². The van der Waals surface area contributed by atoms with E-state index >= 15 is 0 Å². The second-order valence-electron chi connectivity index (χ2n) is 6.93. The third-order valence-corrected chi connectivity index (χ3v) is 4.86. The van der Waals surface area contributed by atoms with Crippen LogP contribution in [-0.2, 0) is 4.79 Å². The number of carbonyl (C=O) groups excluding carboxylic acids is 1. The second kappa shape index (κ2) is 11.4. The van der Waals surface area contributed by atoms with Crippen LogP contribution in [0.5, 0.6) is 0 Å². The van der Waals surface area contributed by atoms with Gasteiger partial charge in [0.05, 0.1) is 6.04 Å². The number of nitrogens with two attached hydrogens (primary N) is 1. The van der Waals surface area contributed by atoms with Crippen molar-refractivity contribution >= 4 is 30.7 Å². The maximum Gasteiger partial charge on any atom is 0.244 e. The van der Waals surface area contributed by atoms with Crippen LogP contribution >= 0.6 is 24.8 Å². The first-order valence-electron chi connectivity index (χ1n) is 9.21. The highest BCUT2D eigenvalue weighted by molar-refractivity contribution is 5.85. The van der Waals surface area contributed by atoms with Crippen molar-refractivity contribution in [3.63, 3.8) is 0 Å². The van der Waals surface area contributed by atoms with E-state index in [1.807, 2.05) is 42.2 Å². The normalized spacial score (nSPS) is 16.6. The molecule has 1 aromatic carbocycles. The summed E-state index contributed by atoms with van der Waals surface area (Å²) in [6.07, 6.45) is 1.26. The molecule has 0 radical (unpaired) electrons. The van der Waals surface area contributed by atoms with Gasteiger partial charge >= 0.3 is 0 Å². The largest absolute Gasteiger partial charge is 0.340 e. The average molecular weight is 430 g/mol. The van der Waals surface area contributed by atoms with E-state index in [9.17, 15) is 4.79 Å². The first-order chi connectivity index (χ1) is 12.5. The number of hydrogen-bond donors (Lipinski definition) is 1. The molecule has 3 rings (SSSR count). The molecule has 2 N–H and O–H groups in total. The molecular formula is C19H29Cl2N5O2. The van der Waals surface area contributed by atoms with Gasteiger partial charge in [-0.05, 0) is 20.3 Å². The summed E-state index contributed by atoms with van der Waals surface area (Å²) in [5.41, 5.74) is 6.68. The number of hydrogen-bond acceptors (Lipinski definition) is 6. The van der Waals surface area contributed by atoms with Crippen LogP contribution < -0.4 is 5.73 Å². The van der Waals surface area contributed by atoms with Crippen LogP contribution in [0, 0.1) is 0 Å². The lowest BCUT2D eigenvalue weighted by Gasteiger charge is -2.37. The fourth-order valence-corrected chi connectivity index (χ4v) is 3.13. The Morgan fingerprint density at radius 3 is 2.39 bits per heavy atom. The molecule has 28 heavy (non-hydrogen) atoms. The molecule has 156 valence electrons. The summed E-state index contributed by atoms with van der Waals surface area (Å²) in [4.78, 5) is 21.0. The predicted molar refractivity (Wildman–Crippen MR) is 114 cm³/mol. The van der Waals surface area contributed by atoms with Gasteiger partial charge in [0, 0.05) is 44.2 Å². The fraction of sp³-hybridized carbons (Fsp3) is 0.526. The lowest BCUT2D eigenvalue weighted by molar-refractivity contribution is -0.133. The SMILES string of the molecule is CC(N)CCC(=O)N1CCN(C(C)c2nc(-c3ccccc3)no2)CC1.Cl.Cl. The van der Waals surface area contributed by atoms with Gasteiger partial charge in [0.15, 0.2) is 0 Å². The molecule has 1 aliphatic rings. The van der Waals surface area contributed by atoms with Crippen LogP contribution in [0.15, 0.2) is 34.9 Å². The van der Waals surface area contributed by atoms with Crippen molar-refractivity contribution < 1.29 is 9.32 Å². The zero-order valence-electron chi connectivity index (χ0n) is 16.3. The van der Waals surface area contributed by atoms with Crippen LogP contribution in [0.1, 0.15) is 38.6 Å². The van der Waals surface area contributed by atoms with Gasteiger partial charge in [0.1, 0.15) is 0 Å². The first kappa shape index (κ1) is 24.4. The Labute approximate surface area is 178 Å². The molecule has 7 nitrogen and oxygen atoms in total. The molecule has 1 fully saturated rings. The average Bonchev–Trinajstić information content (AvgIpc) is 3.16. The van der Waals surface area contributed by atoms with Gasteiger partial charge in [-0.15, -0.1) is 24.8 Å². The minimum absolute atomic E-state index is 0. The molecule has 1 amide bonds. The summed E-state index contributed by atoms with van der Waals surface area (Å²) >= 11 is 0. The Hall–Kier alpha value is -1.67. The van der Waals surface area contributed by atoms with Crippen LogP contribution in [-0.4, -0.2) is 58.1 Å². The van der Waals surface area contributed by atoms with Gasteiger partial charge in [0.2, 0.25) is 17.6 Å².